The van der Waals surface area contributed by atoms with E-state index >= 15 is 0 Å². The molecular formula is C29H30F3N5O4. The Morgan fingerprint density at radius 2 is 2.05 bits per heavy atom. The normalized spacial score (nSPS) is 24.2. The Labute approximate surface area is 234 Å². The van der Waals surface area contributed by atoms with E-state index in [2.05, 4.69) is 31.6 Å². The van der Waals surface area contributed by atoms with Crippen LogP contribution < -0.4 is 5.32 Å². The molecule has 1 atom stereocenters. The van der Waals surface area contributed by atoms with Gasteiger partial charge in [-0.3, -0.25) is 14.6 Å². The highest BCUT2D eigenvalue weighted by atomic mass is 19.4. The predicted molar refractivity (Wildman–Crippen MR) is 140 cm³/mol. The van der Waals surface area contributed by atoms with Crippen LogP contribution in [0.25, 0.3) is 11.5 Å². The first kappa shape index (κ1) is 28.4. The Balaban J connectivity index is 1.11. The number of nitrogens with one attached hydrogen (secondary N) is 1. The van der Waals surface area contributed by atoms with Crippen molar-refractivity contribution in [3.8, 4) is 11.5 Å². The van der Waals surface area contributed by atoms with Gasteiger partial charge in [0, 0.05) is 50.6 Å². The van der Waals surface area contributed by atoms with Gasteiger partial charge in [0.1, 0.15) is 11.9 Å². The predicted octanol–water partition coefficient (Wildman–Crippen LogP) is 3.81. The molecule has 41 heavy (non-hydrogen) atoms. The van der Waals surface area contributed by atoms with Crippen LogP contribution in [0.3, 0.4) is 0 Å². The summed E-state index contributed by atoms with van der Waals surface area (Å²) >= 11 is 0. The van der Waals surface area contributed by atoms with Crippen molar-refractivity contribution in [2.75, 3.05) is 20.1 Å². The third-order valence-corrected chi connectivity index (χ3v) is 7.96. The number of allylic oxidation sites excluding steroid dienone is 1. The van der Waals surface area contributed by atoms with E-state index in [0.717, 1.165) is 30.2 Å². The van der Waals surface area contributed by atoms with E-state index in [1.165, 1.54) is 11.2 Å². The van der Waals surface area contributed by atoms with Gasteiger partial charge in [0.25, 0.3) is 5.91 Å². The van der Waals surface area contributed by atoms with Crippen molar-refractivity contribution < 1.29 is 32.3 Å². The molecule has 9 nitrogen and oxygen atoms in total. The summed E-state index contributed by atoms with van der Waals surface area (Å²) in [5, 5.41) is 13.7. The number of carbonyl (C=O) groups excluding carboxylic acids is 2. The van der Waals surface area contributed by atoms with E-state index in [4.69, 9.17) is 4.42 Å². The van der Waals surface area contributed by atoms with Gasteiger partial charge in [0.15, 0.2) is 0 Å². The van der Waals surface area contributed by atoms with Crippen LogP contribution in [-0.2, 0) is 15.2 Å². The molecule has 2 amide bonds. The fourth-order valence-corrected chi connectivity index (χ4v) is 5.41. The number of aromatic nitrogens is 2. The van der Waals surface area contributed by atoms with Crippen LogP contribution in [0.15, 0.2) is 70.2 Å². The van der Waals surface area contributed by atoms with Gasteiger partial charge < -0.3 is 24.6 Å². The molecule has 1 aliphatic heterocycles. The molecule has 1 saturated carbocycles. The number of pyridine rings is 1. The van der Waals surface area contributed by atoms with Gasteiger partial charge in [-0.25, -0.2) is 4.98 Å². The second-order valence-corrected chi connectivity index (χ2v) is 10.6. The van der Waals surface area contributed by atoms with E-state index in [0.29, 0.717) is 37.4 Å². The zero-order valence-corrected chi connectivity index (χ0v) is 22.4. The highest BCUT2D eigenvalue weighted by Gasteiger charge is 2.40. The Bertz CT molecular complexity index is 1410. The minimum absolute atomic E-state index is 0.169. The number of oxazole rings is 1. The van der Waals surface area contributed by atoms with Crippen molar-refractivity contribution in [3.05, 3.63) is 71.5 Å². The van der Waals surface area contributed by atoms with Gasteiger partial charge in [-0.15, -0.1) is 0 Å². The van der Waals surface area contributed by atoms with Crippen molar-refractivity contribution in [3.63, 3.8) is 0 Å². The Kier molecular flexibility index (Phi) is 7.91. The maximum absolute atomic E-state index is 13.0. The third-order valence-electron chi connectivity index (χ3n) is 7.96. The zero-order valence-electron chi connectivity index (χ0n) is 22.4. The molecule has 0 radical (unpaired) electrons. The number of halogens is 3. The molecular weight excluding hydrogens is 539 g/mol. The third kappa shape index (κ3) is 6.30. The van der Waals surface area contributed by atoms with E-state index in [-0.39, 0.29) is 24.1 Å². The highest BCUT2D eigenvalue weighted by molar-refractivity contribution is 5.96. The second-order valence-electron chi connectivity index (χ2n) is 10.6. The number of rotatable bonds is 7. The lowest BCUT2D eigenvalue weighted by Gasteiger charge is -2.40. The van der Waals surface area contributed by atoms with Crippen LogP contribution in [-0.4, -0.2) is 69.0 Å². The van der Waals surface area contributed by atoms with Crippen molar-refractivity contribution in [2.45, 2.75) is 56.3 Å². The summed E-state index contributed by atoms with van der Waals surface area (Å²) < 4.78 is 44.2. The number of amides is 2. The molecule has 0 aromatic carbocycles. The Morgan fingerprint density at radius 1 is 1.27 bits per heavy atom. The summed E-state index contributed by atoms with van der Waals surface area (Å²) in [6.07, 6.45) is 5.44. The lowest BCUT2D eigenvalue weighted by atomic mass is 9.79. The van der Waals surface area contributed by atoms with E-state index in [1.807, 2.05) is 13.1 Å². The smallest absolute Gasteiger partial charge is 0.396 e. The lowest BCUT2D eigenvalue weighted by Crippen LogP contribution is -2.40. The molecule has 2 aromatic heterocycles. The SMILES string of the molecule is CN(C1=CN(C(=O)CNC(=O)C2=C=C=CC(C(F)(F)F)C2)CC1)C1CCC(O)(c2ccc(-c3ncco3)cn2)CC1. The summed E-state index contributed by atoms with van der Waals surface area (Å²) in [7, 11) is 1.96. The van der Waals surface area contributed by atoms with Gasteiger partial charge in [0.05, 0.1) is 35.5 Å². The van der Waals surface area contributed by atoms with Crippen LogP contribution in [0, 0.1) is 5.92 Å². The van der Waals surface area contributed by atoms with E-state index in [9.17, 15) is 27.9 Å². The minimum atomic E-state index is -4.47. The topological polar surface area (TPSA) is 112 Å². The van der Waals surface area contributed by atoms with Gasteiger partial charge in [0.2, 0.25) is 11.8 Å². The minimum Gasteiger partial charge on any atom is -0.444 e. The Hall–Kier alpha value is -4.11. The highest BCUT2D eigenvalue weighted by Crippen LogP contribution is 2.39. The molecule has 0 saturated heterocycles. The van der Waals surface area contributed by atoms with Gasteiger partial charge in [-0.1, -0.05) is 11.5 Å². The van der Waals surface area contributed by atoms with Gasteiger partial charge in [-0.2, -0.15) is 13.2 Å². The molecule has 2 N–H and O–H groups in total. The van der Waals surface area contributed by atoms with Crippen LogP contribution in [0.5, 0.6) is 0 Å². The first-order valence-electron chi connectivity index (χ1n) is 13.4. The molecule has 3 heterocycles. The average Bonchev–Trinajstić information content (AvgIpc) is 3.69. The first-order valence-corrected chi connectivity index (χ1v) is 13.4. The maximum atomic E-state index is 13.0. The lowest BCUT2D eigenvalue weighted by molar-refractivity contribution is -0.161. The largest absolute Gasteiger partial charge is 0.444 e. The first-order chi connectivity index (χ1) is 19.5. The summed E-state index contributed by atoms with van der Waals surface area (Å²) in [5.74, 6) is -2.44. The van der Waals surface area contributed by atoms with Gasteiger partial charge in [-0.05, 0) is 43.9 Å². The number of carbonyl (C=O) groups is 2. The van der Waals surface area contributed by atoms with E-state index in [1.54, 1.807) is 24.7 Å². The van der Waals surface area contributed by atoms with Crippen LogP contribution in [0.2, 0.25) is 0 Å². The van der Waals surface area contributed by atoms with Crippen molar-refractivity contribution in [1.82, 2.24) is 25.1 Å². The molecule has 2 aromatic rings. The molecule has 5 rings (SSSR count). The number of hydrogen-bond acceptors (Lipinski definition) is 7. The maximum Gasteiger partial charge on any atom is 0.396 e. The van der Waals surface area contributed by atoms with Crippen LogP contribution >= 0.6 is 0 Å². The molecule has 3 aliphatic rings. The van der Waals surface area contributed by atoms with Crippen molar-refractivity contribution in [2.24, 2.45) is 5.92 Å². The summed E-state index contributed by atoms with van der Waals surface area (Å²) in [4.78, 5) is 37.3. The average molecular weight is 570 g/mol. The number of nitrogens with zero attached hydrogens (tertiary/aromatic N) is 4. The molecule has 12 heteroatoms. The van der Waals surface area contributed by atoms with E-state index < -0.39 is 30.0 Å². The van der Waals surface area contributed by atoms with Gasteiger partial charge >= 0.3 is 6.18 Å². The molecule has 0 spiro atoms. The van der Waals surface area contributed by atoms with Crippen molar-refractivity contribution >= 4 is 11.8 Å². The number of aliphatic hydroxyl groups is 1. The summed E-state index contributed by atoms with van der Waals surface area (Å²) in [6, 6.07) is 3.81. The monoisotopic (exact) mass is 569 g/mol. The number of hydrogen-bond donors (Lipinski definition) is 2. The zero-order chi connectivity index (χ0) is 29.2. The molecule has 1 unspecified atom stereocenters. The van der Waals surface area contributed by atoms with Crippen LogP contribution in [0.1, 0.15) is 44.2 Å². The standard InChI is InChI=1S/C29H30F3N5O4/c1-36(22-7-10-28(40,11-8-22)24-6-5-20(16-34-24)27-33-12-14-41-27)23-9-13-37(18-23)25(38)17-35-26(39)19-3-2-4-21(15-19)29(30,31)32/h4-6,12,14,16,18,21-22,40H,7-11,13,15,17H2,1H3,(H,35,39). The summed E-state index contributed by atoms with van der Waals surface area (Å²) in [5.41, 5.74) is 5.77. The Morgan fingerprint density at radius 3 is 2.71 bits per heavy atom. The number of alkyl halides is 3. The van der Waals surface area contributed by atoms with Crippen molar-refractivity contribution in [1.29, 1.82) is 0 Å². The van der Waals surface area contributed by atoms with Crippen LogP contribution in [0.4, 0.5) is 13.2 Å². The molecule has 1 fully saturated rings. The fourth-order valence-electron chi connectivity index (χ4n) is 5.41. The molecule has 0 bridgehead atoms. The molecule has 216 valence electrons. The fraction of sp³-hybridized carbons (Fsp3) is 0.448. The quantitative estimate of drug-likeness (QED) is 0.488. The molecule has 2 aliphatic carbocycles. The summed E-state index contributed by atoms with van der Waals surface area (Å²) in [6.45, 7) is 0.101. The second kappa shape index (κ2) is 11.4.